The van der Waals surface area contributed by atoms with Crippen molar-refractivity contribution in [2.24, 2.45) is 0 Å². The summed E-state index contributed by atoms with van der Waals surface area (Å²) in [6, 6.07) is 8.25. The highest BCUT2D eigenvalue weighted by Gasteiger charge is 2.13. The standard InChI is InChI=1S/C15H12O6/c1-21-13-7-8(2-3-12(13)16)9-4-10(14(17)18)6-11(5-9)15(19)20/h2-7,16H,1H3,(H,17,18)(H,19,20). The summed E-state index contributed by atoms with van der Waals surface area (Å²) >= 11 is 0. The fraction of sp³-hybridized carbons (Fsp3) is 0.0667. The van der Waals surface area contributed by atoms with Crippen molar-refractivity contribution >= 4 is 11.9 Å². The molecule has 6 heteroatoms. The number of phenols is 1. The molecule has 0 aliphatic heterocycles. The van der Waals surface area contributed by atoms with Gasteiger partial charge in [0.25, 0.3) is 0 Å². The molecule has 0 radical (unpaired) electrons. The van der Waals surface area contributed by atoms with Crippen LogP contribution < -0.4 is 4.74 Å². The molecule has 0 aromatic heterocycles. The molecule has 2 rings (SSSR count). The number of aromatic carboxylic acids is 2. The van der Waals surface area contributed by atoms with Gasteiger partial charge < -0.3 is 20.1 Å². The first-order valence-electron chi connectivity index (χ1n) is 5.91. The number of carboxylic acids is 2. The average molecular weight is 288 g/mol. The van der Waals surface area contributed by atoms with Crippen molar-refractivity contribution in [1.29, 1.82) is 0 Å². The van der Waals surface area contributed by atoms with E-state index >= 15 is 0 Å². The van der Waals surface area contributed by atoms with Crippen LogP contribution in [0.2, 0.25) is 0 Å². The maximum atomic E-state index is 11.1. The van der Waals surface area contributed by atoms with E-state index in [9.17, 15) is 14.7 Å². The second-order valence-corrected chi connectivity index (χ2v) is 4.30. The zero-order chi connectivity index (χ0) is 15.6. The minimum atomic E-state index is -1.22. The van der Waals surface area contributed by atoms with Gasteiger partial charge in [-0.3, -0.25) is 0 Å². The van der Waals surface area contributed by atoms with Crippen LogP contribution in [0.3, 0.4) is 0 Å². The van der Waals surface area contributed by atoms with E-state index in [1.54, 1.807) is 6.07 Å². The number of hydrogen-bond acceptors (Lipinski definition) is 4. The Bertz CT molecular complexity index is 688. The van der Waals surface area contributed by atoms with Crippen molar-refractivity contribution in [2.45, 2.75) is 0 Å². The van der Waals surface area contributed by atoms with Crippen molar-refractivity contribution in [2.75, 3.05) is 7.11 Å². The lowest BCUT2D eigenvalue weighted by Gasteiger charge is -2.09. The molecule has 21 heavy (non-hydrogen) atoms. The van der Waals surface area contributed by atoms with Crippen molar-refractivity contribution in [1.82, 2.24) is 0 Å². The summed E-state index contributed by atoms with van der Waals surface area (Å²) in [5, 5.41) is 27.7. The van der Waals surface area contributed by atoms with Crippen LogP contribution in [-0.4, -0.2) is 34.4 Å². The molecule has 108 valence electrons. The summed E-state index contributed by atoms with van der Waals surface area (Å²) in [4.78, 5) is 22.2. The lowest BCUT2D eigenvalue weighted by Crippen LogP contribution is -2.03. The van der Waals surface area contributed by atoms with Crippen LogP contribution in [0.15, 0.2) is 36.4 Å². The third-order valence-electron chi connectivity index (χ3n) is 2.94. The number of aromatic hydroxyl groups is 1. The number of carbonyl (C=O) groups is 2. The van der Waals surface area contributed by atoms with Crippen molar-refractivity contribution in [3.63, 3.8) is 0 Å². The predicted octanol–water partition coefficient (Wildman–Crippen LogP) is 2.46. The molecule has 0 aliphatic rings. The highest BCUT2D eigenvalue weighted by atomic mass is 16.5. The Morgan fingerprint density at radius 1 is 0.905 bits per heavy atom. The number of carboxylic acid groups (broad SMARTS) is 2. The lowest BCUT2D eigenvalue weighted by molar-refractivity contribution is 0.0696. The molecule has 0 aliphatic carbocycles. The van der Waals surface area contributed by atoms with Crippen LogP contribution in [0.1, 0.15) is 20.7 Å². The van der Waals surface area contributed by atoms with E-state index in [-0.39, 0.29) is 22.6 Å². The molecule has 0 saturated carbocycles. The molecule has 0 unspecified atom stereocenters. The van der Waals surface area contributed by atoms with E-state index in [0.29, 0.717) is 11.1 Å². The molecule has 0 atom stereocenters. The SMILES string of the molecule is COc1cc(-c2cc(C(=O)O)cc(C(=O)O)c2)ccc1O. The van der Waals surface area contributed by atoms with Gasteiger partial charge in [0.2, 0.25) is 0 Å². The molecule has 2 aromatic rings. The largest absolute Gasteiger partial charge is 0.504 e. The number of hydrogen-bond donors (Lipinski definition) is 3. The molecule has 0 amide bonds. The minimum Gasteiger partial charge on any atom is -0.504 e. The Morgan fingerprint density at radius 3 is 1.95 bits per heavy atom. The summed E-state index contributed by atoms with van der Waals surface area (Å²) in [5.74, 6) is -2.28. The molecule has 3 N–H and O–H groups in total. The molecule has 0 spiro atoms. The minimum absolute atomic E-state index is 0.0610. The highest BCUT2D eigenvalue weighted by molar-refractivity contribution is 5.96. The van der Waals surface area contributed by atoms with E-state index in [0.717, 1.165) is 6.07 Å². The second kappa shape index (κ2) is 5.54. The van der Waals surface area contributed by atoms with Crippen molar-refractivity contribution in [3.05, 3.63) is 47.5 Å². The van der Waals surface area contributed by atoms with Gasteiger partial charge in [-0.25, -0.2) is 9.59 Å². The maximum Gasteiger partial charge on any atom is 0.335 e. The lowest BCUT2D eigenvalue weighted by atomic mass is 9.99. The van der Waals surface area contributed by atoms with Crippen LogP contribution in [0.4, 0.5) is 0 Å². The summed E-state index contributed by atoms with van der Waals surface area (Å²) in [6.45, 7) is 0. The molecule has 2 aromatic carbocycles. The van der Waals surface area contributed by atoms with Gasteiger partial charge in [0, 0.05) is 0 Å². The molecular weight excluding hydrogens is 276 g/mol. The molecule has 6 nitrogen and oxygen atoms in total. The first kappa shape index (κ1) is 14.4. The van der Waals surface area contributed by atoms with Crippen LogP contribution in [-0.2, 0) is 0 Å². The predicted molar refractivity (Wildman–Crippen MR) is 74.0 cm³/mol. The number of phenolic OH excluding ortho intramolecular Hbond substituents is 1. The Morgan fingerprint density at radius 2 is 1.48 bits per heavy atom. The smallest absolute Gasteiger partial charge is 0.335 e. The van der Waals surface area contributed by atoms with Crippen LogP contribution in [0.25, 0.3) is 11.1 Å². The number of methoxy groups -OCH3 is 1. The summed E-state index contributed by atoms with van der Waals surface area (Å²) in [6.07, 6.45) is 0. The van der Waals surface area contributed by atoms with Crippen molar-refractivity contribution in [3.8, 4) is 22.6 Å². The van der Waals surface area contributed by atoms with Gasteiger partial charge in [-0.05, 0) is 41.5 Å². The van der Waals surface area contributed by atoms with Gasteiger partial charge in [-0.1, -0.05) is 6.07 Å². The molecular formula is C15H12O6. The van der Waals surface area contributed by atoms with Gasteiger partial charge in [0.1, 0.15) is 0 Å². The molecule has 0 heterocycles. The quantitative estimate of drug-likeness (QED) is 0.798. The van der Waals surface area contributed by atoms with E-state index in [2.05, 4.69) is 0 Å². The van der Waals surface area contributed by atoms with Gasteiger partial charge in [-0.15, -0.1) is 0 Å². The zero-order valence-corrected chi connectivity index (χ0v) is 11.0. The fourth-order valence-corrected chi connectivity index (χ4v) is 1.90. The van der Waals surface area contributed by atoms with Gasteiger partial charge in [0.05, 0.1) is 18.2 Å². The monoisotopic (exact) mass is 288 g/mol. The van der Waals surface area contributed by atoms with Crippen LogP contribution >= 0.6 is 0 Å². The van der Waals surface area contributed by atoms with E-state index in [1.807, 2.05) is 0 Å². The normalized spacial score (nSPS) is 10.1. The van der Waals surface area contributed by atoms with Gasteiger partial charge >= 0.3 is 11.9 Å². The summed E-state index contributed by atoms with van der Waals surface area (Å²) in [5.41, 5.74) is 0.690. The first-order valence-corrected chi connectivity index (χ1v) is 5.91. The third kappa shape index (κ3) is 2.94. The molecule has 0 saturated heterocycles. The average Bonchev–Trinajstić information content (AvgIpc) is 2.47. The Hall–Kier alpha value is -3.02. The Kier molecular flexibility index (Phi) is 3.80. The topological polar surface area (TPSA) is 104 Å². The van der Waals surface area contributed by atoms with Gasteiger partial charge in [-0.2, -0.15) is 0 Å². The van der Waals surface area contributed by atoms with Gasteiger partial charge in [0.15, 0.2) is 11.5 Å². The Labute approximate surface area is 119 Å². The Balaban J connectivity index is 2.62. The second-order valence-electron chi connectivity index (χ2n) is 4.30. The molecule has 0 bridgehead atoms. The first-order chi connectivity index (χ1) is 9.92. The van der Waals surface area contributed by atoms with Crippen LogP contribution in [0.5, 0.6) is 11.5 Å². The van der Waals surface area contributed by atoms with E-state index < -0.39 is 11.9 Å². The van der Waals surface area contributed by atoms with Crippen molar-refractivity contribution < 1.29 is 29.6 Å². The van der Waals surface area contributed by atoms with E-state index in [4.69, 9.17) is 14.9 Å². The number of rotatable bonds is 4. The highest BCUT2D eigenvalue weighted by Crippen LogP contribution is 2.32. The maximum absolute atomic E-state index is 11.1. The molecule has 0 fully saturated rings. The van der Waals surface area contributed by atoms with Crippen LogP contribution in [0, 0.1) is 0 Å². The number of benzene rings is 2. The number of ether oxygens (including phenoxy) is 1. The summed E-state index contributed by atoms with van der Waals surface area (Å²) < 4.78 is 4.98. The third-order valence-corrected chi connectivity index (χ3v) is 2.94. The fourth-order valence-electron chi connectivity index (χ4n) is 1.90. The summed E-state index contributed by atoms with van der Waals surface area (Å²) in [7, 11) is 1.38. The van der Waals surface area contributed by atoms with E-state index in [1.165, 1.54) is 31.4 Å². The zero-order valence-electron chi connectivity index (χ0n) is 11.0.